The van der Waals surface area contributed by atoms with Crippen molar-refractivity contribution in [2.45, 2.75) is 5.03 Å². The number of anilines is 1. The van der Waals surface area contributed by atoms with Gasteiger partial charge in [-0.05, 0) is 6.26 Å². The van der Waals surface area contributed by atoms with Crippen molar-refractivity contribution in [2.75, 3.05) is 12.0 Å². The number of aromatic nitrogens is 2. The normalized spacial score (nSPS) is 9.09. The maximum absolute atomic E-state index is 8.56. The molecule has 0 aromatic carbocycles. The Morgan fingerprint density at radius 2 is 2.45 bits per heavy atom. The van der Waals surface area contributed by atoms with Crippen molar-refractivity contribution in [3.8, 4) is 6.07 Å². The Bertz CT molecular complexity index is 304. The topological polar surface area (TPSA) is 75.6 Å². The molecule has 0 saturated carbocycles. The van der Waals surface area contributed by atoms with Gasteiger partial charge in [-0.15, -0.1) is 11.8 Å². The Morgan fingerprint density at radius 1 is 1.73 bits per heavy atom. The molecule has 56 valence electrons. The molecule has 0 atom stereocenters. The molecule has 0 aliphatic carbocycles. The highest BCUT2D eigenvalue weighted by Gasteiger charge is 2.02. The van der Waals surface area contributed by atoms with E-state index in [4.69, 9.17) is 11.0 Å². The summed E-state index contributed by atoms with van der Waals surface area (Å²) in [6, 6.07) is 1.97. The molecular weight excluding hydrogens is 160 g/mol. The third kappa shape index (κ3) is 1.59. The van der Waals surface area contributed by atoms with Crippen molar-refractivity contribution in [1.29, 1.82) is 5.26 Å². The molecule has 0 spiro atoms. The van der Waals surface area contributed by atoms with Crippen LogP contribution in [0, 0.1) is 11.3 Å². The van der Waals surface area contributed by atoms with Crippen LogP contribution in [0.1, 0.15) is 5.56 Å². The zero-order valence-electron chi connectivity index (χ0n) is 5.90. The first-order valence-electron chi connectivity index (χ1n) is 2.84. The lowest BCUT2D eigenvalue weighted by molar-refractivity contribution is 1.05. The maximum Gasteiger partial charge on any atom is 0.221 e. The minimum Gasteiger partial charge on any atom is -0.368 e. The summed E-state index contributed by atoms with van der Waals surface area (Å²) in [7, 11) is 0. The number of nitrogens with zero attached hydrogens (tertiary/aromatic N) is 3. The quantitative estimate of drug-likeness (QED) is 0.489. The highest BCUT2D eigenvalue weighted by Crippen LogP contribution is 2.15. The van der Waals surface area contributed by atoms with E-state index in [0.29, 0.717) is 10.6 Å². The highest BCUT2D eigenvalue weighted by atomic mass is 32.2. The minimum atomic E-state index is 0.202. The molecule has 1 aromatic heterocycles. The van der Waals surface area contributed by atoms with Gasteiger partial charge in [0, 0.05) is 0 Å². The molecule has 5 heteroatoms. The zero-order valence-corrected chi connectivity index (χ0v) is 6.72. The third-order valence-corrected chi connectivity index (χ3v) is 1.78. The Labute approximate surface area is 68.5 Å². The van der Waals surface area contributed by atoms with Gasteiger partial charge in [0.1, 0.15) is 16.7 Å². The average Bonchev–Trinajstić information content (AvgIpc) is 2.04. The van der Waals surface area contributed by atoms with Crippen molar-refractivity contribution >= 4 is 17.7 Å². The van der Waals surface area contributed by atoms with Crippen LogP contribution < -0.4 is 5.73 Å². The van der Waals surface area contributed by atoms with Crippen LogP contribution in [0.2, 0.25) is 0 Å². The first kappa shape index (κ1) is 7.82. The lowest BCUT2D eigenvalue weighted by Crippen LogP contribution is -1.97. The fourth-order valence-corrected chi connectivity index (χ4v) is 1.11. The van der Waals surface area contributed by atoms with E-state index in [1.165, 1.54) is 18.0 Å². The first-order chi connectivity index (χ1) is 5.27. The van der Waals surface area contributed by atoms with Crippen LogP contribution in [0.25, 0.3) is 0 Å². The summed E-state index contributed by atoms with van der Waals surface area (Å²) in [5.41, 5.74) is 5.78. The molecule has 1 rings (SSSR count). The van der Waals surface area contributed by atoms with Crippen molar-refractivity contribution < 1.29 is 0 Å². The van der Waals surface area contributed by atoms with Crippen molar-refractivity contribution in [3.63, 3.8) is 0 Å². The van der Waals surface area contributed by atoms with Crippen LogP contribution in [-0.4, -0.2) is 16.2 Å². The van der Waals surface area contributed by atoms with E-state index in [1.807, 2.05) is 12.3 Å². The lowest BCUT2D eigenvalue weighted by Gasteiger charge is -1.97. The fraction of sp³-hybridized carbons (Fsp3) is 0.167. The lowest BCUT2D eigenvalue weighted by atomic mass is 10.4. The number of hydrogen-bond donors (Lipinski definition) is 1. The second-order valence-corrected chi connectivity index (χ2v) is 2.56. The summed E-state index contributed by atoms with van der Waals surface area (Å²) < 4.78 is 0. The van der Waals surface area contributed by atoms with E-state index in [9.17, 15) is 0 Å². The van der Waals surface area contributed by atoms with Gasteiger partial charge >= 0.3 is 0 Å². The molecule has 1 heterocycles. The first-order valence-corrected chi connectivity index (χ1v) is 4.07. The predicted molar refractivity (Wildman–Crippen MR) is 42.9 cm³/mol. The second kappa shape index (κ2) is 3.21. The van der Waals surface area contributed by atoms with Gasteiger partial charge in [0.2, 0.25) is 5.95 Å². The number of nitrogens with two attached hydrogens (primary N) is 1. The fourth-order valence-electron chi connectivity index (χ4n) is 0.611. The molecule has 0 saturated heterocycles. The molecule has 0 bridgehead atoms. The van der Waals surface area contributed by atoms with Gasteiger partial charge in [-0.1, -0.05) is 0 Å². The van der Waals surface area contributed by atoms with E-state index in [-0.39, 0.29) is 5.95 Å². The Balaban J connectivity index is 3.19. The Morgan fingerprint density at radius 3 is 3.00 bits per heavy atom. The number of nitriles is 1. The summed E-state index contributed by atoms with van der Waals surface area (Å²) in [6.07, 6.45) is 3.26. The van der Waals surface area contributed by atoms with E-state index >= 15 is 0 Å². The van der Waals surface area contributed by atoms with Crippen molar-refractivity contribution in [3.05, 3.63) is 11.8 Å². The molecule has 1 aromatic rings. The largest absolute Gasteiger partial charge is 0.368 e. The summed E-state index contributed by atoms with van der Waals surface area (Å²) in [5, 5.41) is 9.18. The van der Waals surface area contributed by atoms with Gasteiger partial charge in [-0.3, -0.25) is 0 Å². The molecule has 11 heavy (non-hydrogen) atoms. The molecule has 0 aliphatic rings. The summed E-state index contributed by atoms with van der Waals surface area (Å²) in [6.45, 7) is 0. The standard InChI is InChI=1S/C6H6N4S/c1-11-5-4(2-7)3-9-6(8)10-5/h3H,1H3,(H2,8,9,10). The molecule has 0 fully saturated rings. The van der Waals surface area contributed by atoms with E-state index in [0.717, 1.165) is 0 Å². The summed E-state index contributed by atoms with van der Waals surface area (Å²) >= 11 is 1.38. The van der Waals surface area contributed by atoms with E-state index in [1.54, 1.807) is 0 Å². The van der Waals surface area contributed by atoms with Crippen molar-refractivity contribution in [2.24, 2.45) is 0 Å². The van der Waals surface area contributed by atoms with Crippen LogP contribution in [0.15, 0.2) is 11.2 Å². The van der Waals surface area contributed by atoms with Crippen LogP contribution >= 0.6 is 11.8 Å². The summed E-state index contributed by atoms with van der Waals surface area (Å²) in [5.74, 6) is 0.202. The monoisotopic (exact) mass is 166 g/mol. The van der Waals surface area contributed by atoms with Gasteiger partial charge in [-0.25, -0.2) is 9.97 Å². The van der Waals surface area contributed by atoms with Crippen LogP contribution in [0.4, 0.5) is 5.95 Å². The van der Waals surface area contributed by atoms with E-state index in [2.05, 4.69) is 9.97 Å². The zero-order chi connectivity index (χ0) is 8.27. The average molecular weight is 166 g/mol. The summed E-state index contributed by atoms with van der Waals surface area (Å²) in [4.78, 5) is 7.56. The maximum atomic E-state index is 8.56. The predicted octanol–water partition coefficient (Wildman–Crippen LogP) is 0.652. The number of thioether (sulfide) groups is 1. The number of hydrogen-bond acceptors (Lipinski definition) is 5. The Kier molecular flexibility index (Phi) is 2.28. The second-order valence-electron chi connectivity index (χ2n) is 1.76. The smallest absolute Gasteiger partial charge is 0.221 e. The van der Waals surface area contributed by atoms with Gasteiger partial charge in [0.05, 0.1) is 6.20 Å². The molecule has 0 radical (unpaired) electrons. The van der Waals surface area contributed by atoms with Crippen LogP contribution in [-0.2, 0) is 0 Å². The van der Waals surface area contributed by atoms with E-state index < -0.39 is 0 Å². The van der Waals surface area contributed by atoms with Crippen molar-refractivity contribution in [1.82, 2.24) is 9.97 Å². The van der Waals surface area contributed by atoms with Gasteiger partial charge in [0.25, 0.3) is 0 Å². The SMILES string of the molecule is CSc1nc(N)ncc1C#N. The molecule has 4 nitrogen and oxygen atoms in total. The molecule has 0 aliphatic heterocycles. The number of nitrogen functional groups attached to an aromatic ring is 1. The third-order valence-electron chi connectivity index (χ3n) is 1.09. The van der Waals surface area contributed by atoms with Gasteiger partial charge in [-0.2, -0.15) is 5.26 Å². The number of rotatable bonds is 1. The molecule has 0 unspecified atom stereocenters. The molecule has 2 N–H and O–H groups in total. The molecular formula is C6H6N4S. The Hall–Kier alpha value is -1.28. The minimum absolute atomic E-state index is 0.202. The van der Waals surface area contributed by atoms with Gasteiger partial charge in [0.15, 0.2) is 0 Å². The van der Waals surface area contributed by atoms with Crippen LogP contribution in [0.3, 0.4) is 0 Å². The highest BCUT2D eigenvalue weighted by molar-refractivity contribution is 7.98. The van der Waals surface area contributed by atoms with Crippen LogP contribution in [0.5, 0.6) is 0 Å². The van der Waals surface area contributed by atoms with Gasteiger partial charge < -0.3 is 5.73 Å². The molecule has 0 amide bonds.